The van der Waals surface area contributed by atoms with Crippen LogP contribution in [-0.2, 0) is 0 Å². The predicted octanol–water partition coefficient (Wildman–Crippen LogP) is 2.53. The van der Waals surface area contributed by atoms with E-state index in [0.717, 1.165) is 11.3 Å². The highest BCUT2D eigenvalue weighted by Gasteiger charge is 2.12. The van der Waals surface area contributed by atoms with Crippen LogP contribution in [0.3, 0.4) is 0 Å². The Hall–Kier alpha value is -2.36. The van der Waals surface area contributed by atoms with Crippen molar-refractivity contribution in [2.75, 3.05) is 0 Å². The second-order valence-electron chi connectivity index (χ2n) is 3.39. The summed E-state index contributed by atoms with van der Waals surface area (Å²) >= 11 is 0. The quantitative estimate of drug-likeness (QED) is 0.654. The Balaban J connectivity index is 2.14. The fraction of sp³-hybridized carbons (Fsp3) is 0. The Bertz CT molecular complexity index is 569. The number of rotatable bonds is 2. The molecule has 0 aliphatic rings. The van der Waals surface area contributed by atoms with Gasteiger partial charge in [-0.1, -0.05) is 30.3 Å². The summed E-state index contributed by atoms with van der Waals surface area (Å²) < 4.78 is 6.68. The molecule has 3 aromatic rings. The molecular weight excluding hydrogens is 202 g/mol. The lowest BCUT2D eigenvalue weighted by Crippen LogP contribution is -1.92. The first kappa shape index (κ1) is 8.91. The maximum Gasteiger partial charge on any atom is 0.209 e. The van der Waals surface area contributed by atoms with E-state index in [1.54, 1.807) is 0 Å². The fourth-order valence-electron chi connectivity index (χ4n) is 1.61. The van der Waals surface area contributed by atoms with Gasteiger partial charge in [0.25, 0.3) is 0 Å². The molecule has 0 amide bonds. The van der Waals surface area contributed by atoms with Crippen LogP contribution >= 0.6 is 0 Å². The van der Waals surface area contributed by atoms with Crippen molar-refractivity contribution in [1.29, 1.82) is 0 Å². The summed E-state index contributed by atoms with van der Waals surface area (Å²) in [7, 11) is 0. The summed E-state index contributed by atoms with van der Waals surface area (Å²) in [5, 5.41) is 7.85. The maximum atomic E-state index is 4.80. The number of benzene rings is 1. The highest BCUT2D eigenvalue weighted by atomic mass is 16.6. The van der Waals surface area contributed by atoms with Gasteiger partial charge in [-0.2, -0.15) is 0 Å². The first-order chi connectivity index (χ1) is 7.95. The van der Waals surface area contributed by atoms with Gasteiger partial charge >= 0.3 is 0 Å². The lowest BCUT2D eigenvalue weighted by molar-refractivity contribution is 0.307. The van der Waals surface area contributed by atoms with Crippen molar-refractivity contribution in [2.45, 2.75) is 0 Å². The van der Waals surface area contributed by atoms with Crippen LogP contribution in [0.4, 0.5) is 0 Å². The SMILES string of the molecule is c1ccc(-c2nonc2-n2cccc2)cc1. The molecule has 0 radical (unpaired) electrons. The molecule has 0 aliphatic heterocycles. The molecule has 1 aromatic carbocycles. The van der Waals surface area contributed by atoms with Crippen molar-refractivity contribution in [1.82, 2.24) is 14.9 Å². The third kappa shape index (κ3) is 1.40. The summed E-state index contributed by atoms with van der Waals surface area (Å²) in [6.07, 6.45) is 3.82. The molecule has 0 N–H and O–H groups in total. The van der Waals surface area contributed by atoms with E-state index in [2.05, 4.69) is 10.3 Å². The maximum absolute atomic E-state index is 4.80. The molecule has 0 saturated carbocycles. The van der Waals surface area contributed by atoms with E-state index in [9.17, 15) is 0 Å². The third-order valence-corrected chi connectivity index (χ3v) is 2.37. The Morgan fingerprint density at radius 2 is 1.62 bits per heavy atom. The van der Waals surface area contributed by atoms with Crippen LogP contribution in [0.5, 0.6) is 0 Å². The van der Waals surface area contributed by atoms with Crippen molar-refractivity contribution in [3.8, 4) is 17.1 Å². The zero-order valence-electron chi connectivity index (χ0n) is 8.45. The molecule has 0 atom stereocenters. The zero-order valence-corrected chi connectivity index (χ0v) is 8.45. The van der Waals surface area contributed by atoms with E-state index >= 15 is 0 Å². The summed E-state index contributed by atoms with van der Waals surface area (Å²) in [6, 6.07) is 13.7. The molecule has 16 heavy (non-hydrogen) atoms. The summed E-state index contributed by atoms with van der Waals surface area (Å²) in [4.78, 5) is 0. The van der Waals surface area contributed by atoms with Gasteiger partial charge < -0.3 is 4.57 Å². The average Bonchev–Trinajstić information content (AvgIpc) is 3.01. The highest BCUT2D eigenvalue weighted by molar-refractivity contribution is 5.65. The first-order valence-corrected chi connectivity index (χ1v) is 4.96. The summed E-state index contributed by atoms with van der Waals surface area (Å²) in [6.45, 7) is 0. The smallest absolute Gasteiger partial charge is 0.209 e. The van der Waals surface area contributed by atoms with E-state index in [1.807, 2.05) is 59.4 Å². The van der Waals surface area contributed by atoms with Crippen molar-refractivity contribution in [2.24, 2.45) is 0 Å². The van der Waals surface area contributed by atoms with Gasteiger partial charge in [-0.25, -0.2) is 4.63 Å². The summed E-state index contributed by atoms with van der Waals surface area (Å²) in [5.41, 5.74) is 1.74. The van der Waals surface area contributed by atoms with Crippen molar-refractivity contribution in [3.05, 3.63) is 54.9 Å². The molecule has 0 spiro atoms. The molecule has 78 valence electrons. The standard InChI is InChI=1S/C12H9N3O/c1-2-6-10(7-3-1)11-12(14-16-13-11)15-8-4-5-9-15/h1-9H. The molecule has 2 aromatic heterocycles. The molecule has 0 unspecified atom stereocenters. The molecule has 2 heterocycles. The van der Waals surface area contributed by atoms with E-state index in [0.29, 0.717) is 5.82 Å². The molecule has 4 nitrogen and oxygen atoms in total. The predicted molar refractivity (Wildman–Crippen MR) is 59.1 cm³/mol. The summed E-state index contributed by atoms with van der Waals surface area (Å²) in [5.74, 6) is 0.705. The Kier molecular flexibility index (Phi) is 2.04. The molecular formula is C12H9N3O. The molecule has 0 bridgehead atoms. The molecule has 0 fully saturated rings. The van der Waals surface area contributed by atoms with Crippen molar-refractivity contribution >= 4 is 0 Å². The van der Waals surface area contributed by atoms with Gasteiger partial charge in [0, 0.05) is 18.0 Å². The van der Waals surface area contributed by atoms with Crippen LogP contribution in [0.25, 0.3) is 17.1 Å². The number of aromatic nitrogens is 3. The van der Waals surface area contributed by atoms with Gasteiger partial charge in [0.2, 0.25) is 5.82 Å². The van der Waals surface area contributed by atoms with Gasteiger partial charge in [-0.05, 0) is 22.4 Å². The molecule has 3 rings (SSSR count). The van der Waals surface area contributed by atoms with Crippen molar-refractivity contribution in [3.63, 3.8) is 0 Å². The minimum Gasteiger partial charge on any atom is -0.304 e. The lowest BCUT2D eigenvalue weighted by atomic mass is 10.1. The van der Waals surface area contributed by atoms with Crippen LogP contribution in [0.15, 0.2) is 59.5 Å². The Morgan fingerprint density at radius 3 is 2.38 bits per heavy atom. The van der Waals surface area contributed by atoms with Crippen molar-refractivity contribution < 1.29 is 4.63 Å². The van der Waals surface area contributed by atoms with Crippen LogP contribution < -0.4 is 0 Å². The zero-order chi connectivity index (χ0) is 10.8. The van der Waals surface area contributed by atoms with Gasteiger partial charge in [0.05, 0.1) is 0 Å². The topological polar surface area (TPSA) is 43.9 Å². The van der Waals surface area contributed by atoms with Gasteiger partial charge in [-0.15, -0.1) is 0 Å². The van der Waals surface area contributed by atoms with E-state index in [1.165, 1.54) is 0 Å². The number of nitrogens with zero attached hydrogens (tertiary/aromatic N) is 3. The van der Waals surface area contributed by atoms with E-state index in [-0.39, 0.29) is 0 Å². The normalized spacial score (nSPS) is 10.5. The molecule has 0 saturated heterocycles. The number of hydrogen-bond acceptors (Lipinski definition) is 3. The van der Waals surface area contributed by atoms with Crippen LogP contribution in [-0.4, -0.2) is 14.9 Å². The molecule has 0 aliphatic carbocycles. The average molecular weight is 211 g/mol. The minimum atomic E-state index is 0.705. The van der Waals surface area contributed by atoms with Crippen LogP contribution in [0, 0.1) is 0 Å². The second kappa shape index (κ2) is 3.66. The van der Waals surface area contributed by atoms with Gasteiger partial charge in [0.15, 0.2) is 5.69 Å². The van der Waals surface area contributed by atoms with Crippen LogP contribution in [0.1, 0.15) is 0 Å². The third-order valence-electron chi connectivity index (χ3n) is 2.37. The van der Waals surface area contributed by atoms with Gasteiger partial charge in [0.1, 0.15) is 0 Å². The number of hydrogen-bond donors (Lipinski definition) is 0. The van der Waals surface area contributed by atoms with E-state index in [4.69, 9.17) is 4.63 Å². The largest absolute Gasteiger partial charge is 0.304 e. The molecule has 4 heteroatoms. The fourth-order valence-corrected chi connectivity index (χ4v) is 1.61. The first-order valence-electron chi connectivity index (χ1n) is 4.96. The van der Waals surface area contributed by atoms with Crippen LogP contribution in [0.2, 0.25) is 0 Å². The second-order valence-corrected chi connectivity index (χ2v) is 3.39. The highest BCUT2D eigenvalue weighted by Crippen LogP contribution is 2.22. The Labute approximate surface area is 92.1 Å². The Morgan fingerprint density at radius 1 is 0.875 bits per heavy atom. The van der Waals surface area contributed by atoms with E-state index < -0.39 is 0 Å². The minimum absolute atomic E-state index is 0.705. The monoisotopic (exact) mass is 211 g/mol. The van der Waals surface area contributed by atoms with Gasteiger partial charge in [-0.3, -0.25) is 0 Å². The lowest BCUT2D eigenvalue weighted by Gasteiger charge is -1.99.